The summed E-state index contributed by atoms with van der Waals surface area (Å²) >= 11 is 0. The van der Waals surface area contributed by atoms with Gasteiger partial charge in [0, 0.05) is 6.07 Å². The zero-order valence-electron chi connectivity index (χ0n) is 13.0. The molecule has 1 amide bonds. The molecule has 0 heterocycles. The summed E-state index contributed by atoms with van der Waals surface area (Å²) in [7, 11) is 0. The summed E-state index contributed by atoms with van der Waals surface area (Å²) in [6.07, 6.45) is 4.59. The molecule has 2 nitrogen and oxygen atoms in total. The highest BCUT2D eigenvalue weighted by atomic mass is 19.1. The first kappa shape index (κ1) is 15.7. The van der Waals surface area contributed by atoms with E-state index >= 15 is 0 Å². The van der Waals surface area contributed by atoms with E-state index in [1.165, 1.54) is 30.0 Å². The number of rotatable bonds is 3. The van der Waals surface area contributed by atoms with E-state index < -0.39 is 17.5 Å². The van der Waals surface area contributed by atoms with Crippen LogP contribution in [-0.4, -0.2) is 5.91 Å². The third-order valence-corrected chi connectivity index (χ3v) is 4.40. The minimum Gasteiger partial charge on any atom is -0.345 e. The standard InChI is InChI=1S/C19H19F2NO/c1-12(14-7-6-13-4-2-3-5-15(13)10-14)22-19(23)17-9-8-16(20)11-18(17)21/h6-12H,2-5H2,1H3,(H,22,23). The molecule has 23 heavy (non-hydrogen) atoms. The number of halogens is 2. The number of carbonyl (C=O) groups excluding carboxylic acids is 1. The van der Waals surface area contributed by atoms with Crippen LogP contribution in [0.2, 0.25) is 0 Å². The van der Waals surface area contributed by atoms with Gasteiger partial charge in [0.2, 0.25) is 0 Å². The third kappa shape index (κ3) is 3.41. The molecule has 1 aliphatic carbocycles. The van der Waals surface area contributed by atoms with Crippen molar-refractivity contribution in [3.8, 4) is 0 Å². The topological polar surface area (TPSA) is 29.1 Å². The molecule has 0 fully saturated rings. The molecule has 0 saturated heterocycles. The van der Waals surface area contributed by atoms with E-state index in [0.717, 1.165) is 30.5 Å². The second-order valence-corrected chi connectivity index (χ2v) is 6.05. The largest absolute Gasteiger partial charge is 0.345 e. The molecule has 0 radical (unpaired) electrons. The van der Waals surface area contributed by atoms with E-state index in [4.69, 9.17) is 0 Å². The Kier molecular flexibility index (Phi) is 4.42. The van der Waals surface area contributed by atoms with E-state index in [0.29, 0.717) is 0 Å². The number of hydrogen-bond acceptors (Lipinski definition) is 1. The van der Waals surface area contributed by atoms with Gasteiger partial charge in [0.25, 0.3) is 5.91 Å². The van der Waals surface area contributed by atoms with Crippen LogP contribution >= 0.6 is 0 Å². The lowest BCUT2D eigenvalue weighted by Crippen LogP contribution is -2.27. The number of nitrogens with one attached hydrogen (secondary N) is 1. The highest BCUT2D eigenvalue weighted by Crippen LogP contribution is 2.25. The van der Waals surface area contributed by atoms with Crippen LogP contribution in [0.15, 0.2) is 36.4 Å². The van der Waals surface area contributed by atoms with Gasteiger partial charge in [-0.05, 0) is 61.4 Å². The summed E-state index contributed by atoms with van der Waals surface area (Å²) in [5.74, 6) is -2.07. The molecule has 1 atom stereocenters. The molecule has 3 rings (SSSR count). The van der Waals surface area contributed by atoms with Gasteiger partial charge >= 0.3 is 0 Å². The molecule has 1 unspecified atom stereocenters. The zero-order valence-corrected chi connectivity index (χ0v) is 13.0. The van der Waals surface area contributed by atoms with E-state index in [-0.39, 0.29) is 11.6 Å². The molecule has 0 aromatic heterocycles. The fourth-order valence-electron chi connectivity index (χ4n) is 3.05. The number of carbonyl (C=O) groups is 1. The first-order valence-electron chi connectivity index (χ1n) is 7.92. The molecule has 0 bridgehead atoms. The van der Waals surface area contributed by atoms with Gasteiger partial charge in [-0.2, -0.15) is 0 Å². The Morgan fingerprint density at radius 1 is 1.04 bits per heavy atom. The minimum atomic E-state index is -0.847. The van der Waals surface area contributed by atoms with E-state index in [1.54, 1.807) is 0 Å². The number of aryl methyl sites for hydroxylation is 2. The Labute approximate surface area is 134 Å². The summed E-state index contributed by atoms with van der Waals surface area (Å²) in [4.78, 5) is 12.2. The Morgan fingerprint density at radius 3 is 2.52 bits per heavy atom. The lowest BCUT2D eigenvalue weighted by atomic mass is 9.89. The SMILES string of the molecule is CC(NC(=O)c1ccc(F)cc1F)c1ccc2c(c1)CCCC2. The molecule has 0 saturated carbocycles. The molecule has 1 N–H and O–H groups in total. The number of hydrogen-bond donors (Lipinski definition) is 1. The molecule has 2 aromatic rings. The van der Waals surface area contributed by atoms with Crippen molar-refractivity contribution in [2.75, 3.05) is 0 Å². The van der Waals surface area contributed by atoms with E-state index in [9.17, 15) is 13.6 Å². The molecule has 120 valence electrons. The van der Waals surface area contributed by atoms with Crippen LogP contribution in [-0.2, 0) is 12.8 Å². The van der Waals surface area contributed by atoms with Gasteiger partial charge in [-0.3, -0.25) is 4.79 Å². The quantitative estimate of drug-likeness (QED) is 0.897. The highest BCUT2D eigenvalue weighted by Gasteiger charge is 2.17. The van der Waals surface area contributed by atoms with Crippen molar-refractivity contribution in [1.29, 1.82) is 0 Å². The molecule has 0 spiro atoms. The van der Waals surface area contributed by atoms with Gasteiger partial charge in [-0.15, -0.1) is 0 Å². The van der Waals surface area contributed by atoms with Gasteiger partial charge in [0.1, 0.15) is 11.6 Å². The third-order valence-electron chi connectivity index (χ3n) is 4.40. The Bertz CT molecular complexity index is 742. The Balaban J connectivity index is 1.76. The molecule has 2 aromatic carbocycles. The van der Waals surface area contributed by atoms with E-state index in [2.05, 4.69) is 17.4 Å². The Morgan fingerprint density at radius 2 is 1.78 bits per heavy atom. The lowest BCUT2D eigenvalue weighted by Gasteiger charge is -2.20. The van der Waals surface area contributed by atoms with E-state index in [1.807, 2.05) is 13.0 Å². The van der Waals surface area contributed by atoms with Gasteiger partial charge < -0.3 is 5.32 Å². The maximum Gasteiger partial charge on any atom is 0.254 e. The predicted molar refractivity (Wildman–Crippen MR) is 85.3 cm³/mol. The van der Waals surface area contributed by atoms with Gasteiger partial charge in [0.15, 0.2) is 0 Å². The number of benzene rings is 2. The number of fused-ring (bicyclic) bond motifs is 1. The van der Waals surface area contributed by atoms with Crippen molar-refractivity contribution < 1.29 is 13.6 Å². The predicted octanol–water partition coefficient (Wildman–Crippen LogP) is 4.33. The van der Waals surface area contributed by atoms with Crippen molar-refractivity contribution >= 4 is 5.91 Å². The molecule has 4 heteroatoms. The Hall–Kier alpha value is -2.23. The van der Waals surface area contributed by atoms with Crippen LogP contribution in [0.1, 0.15) is 52.9 Å². The first-order chi connectivity index (χ1) is 11.0. The van der Waals surface area contributed by atoms with Gasteiger partial charge in [-0.1, -0.05) is 18.2 Å². The summed E-state index contributed by atoms with van der Waals surface area (Å²) in [5, 5.41) is 2.78. The average Bonchev–Trinajstić information content (AvgIpc) is 2.54. The maximum atomic E-state index is 13.7. The normalized spacial score (nSPS) is 14.9. The van der Waals surface area contributed by atoms with Crippen molar-refractivity contribution in [3.05, 3.63) is 70.3 Å². The second kappa shape index (κ2) is 6.49. The summed E-state index contributed by atoms with van der Waals surface area (Å²) in [6.45, 7) is 1.86. The van der Waals surface area contributed by atoms with Crippen LogP contribution in [0.25, 0.3) is 0 Å². The van der Waals surface area contributed by atoms with Gasteiger partial charge in [-0.25, -0.2) is 8.78 Å². The second-order valence-electron chi connectivity index (χ2n) is 6.05. The van der Waals surface area contributed by atoms with Crippen LogP contribution in [0.5, 0.6) is 0 Å². The van der Waals surface area contributed by atoms with Crippen molar-refractivity contribution in [3.63, 3.8) is 0 Å². The highest BCUT2D eigenvalue weighted by molar-refractivity contribution is 5.94. The fourth-order valence-corrected chi connectivity index (χ4v) is 3.05. The number of amides is 1. The first-order valence-corrected chi connectivity index (χ1v) is 7.92. The lowest BCUT2D eigenvalue weighted by molar-refractivity contribution is 0.0935. The average molecular weight is 315 g/mol. The van der Waals surface area contributed by atoms with Crippen LogP contribution in [0.3, 0.4) is 0 Å². The van der Waals surface area contributed by atoms with Gasteiger partial charge in [0.05, 0.1) is 11.6 Å². The fraction of sp³-hybridized carbons (Fsp3) is 0.316. The molecule has 1 aliphatic rings. The van der Waals surface area contributed by atoms with Crippen LogP contribution in [0.4, 0.5) is 8.78 Å². The van der Waals surface area contributed by atoms with Crippen molar-refractivity contribution in [1.82, 2.24) is 5.32 Å². The summed E-state index contributed by atoms with van der Waals surface area (Å²) < 4.78 is 26.6. The minimum absolute atomic E-state index is 0.142. The molecular weight excluding hydrogens is 296 g/mol. The monoisotopic (exact) mass is 315 g/mol. The molecular formula is C19H19F2NO. The van der Waals surface area contributed by atoms with Crippen LogP contribution < -0.4 is 5.32 Å². The summed E-state index contributed by atoms with van der Waals surface area (Å²) in [6, 6.07) is 8.99. The van der Waals surface area contributed by atoms with Crippen molar-refractivity contribution in [2.24, 2.45) is 0 Å². The zero-order chi connectivity index (χ0) is 16.4. The van der Waals surface area contributed by atoms with Crippen LogP contribution in [0, 0.1) is 11.6 Å². The van der Waals surface area contributed by atoms with Crippen molar-refractivity contribution in [2.45, 2.75) is 38.6 Å². The molecule has 0 aliphatic heterocycles. The smallest absolute Gasteiger partial charge is 0.254 e. The summed E-state index contributed by atoms with van der Waals surface area (Å²) in [5.41, 5.74) is 3.57. The maximum absolute atomic E-state index is 13.7.